The van der Waals surface area contributed by atoms with Gasteiger partial charge in [0, 0.05) is 16.8 Å². The molecule has 30 heavy (non-hydrogen) atoms. The molecule has 3 heterocycles. The number of fused-ring (bicyclic) bond motifs is 3. The second kappa shape index (κ2) is 6.27. The SMILES string of the molecule is NS(=O)(=NC(=O)Nc1c2c(nc3c1CCC3)CCC2)c1cnn2c1OCC1(CC1)C2. The fourth-order valence-corrected chi connectivity index (χ4v) is 5.92. The number of anilines is 1. The Hall–Kier alpha value is -2.46. The van der Waals surface area contributed by atoms with Gasteiger partial charge in [0.05, 0.1) is 25.0 Å². The van der Waals surface area contributed by atoms with Crippen molar-refractivity contribution >= 4 is 21.6 Å². The van der Waals surface area contributed by atoms with Crippen LogP contribution in [0.3, 0.4) is 0 Å². The van der Waals surface area contributed by atoms with Crippen LogP contribution in [-0.4, -0.2) is 31.6 Å². The van der Waals surface area contributed by atoms with Gasteiger partial charge in [-0.2, -0.15) is 5.10 Å². The van der Waals surface area contributed by atoms with E-state index in [1.807, 2.05) is 0 Å². The molecule has 2 aromatic rings. The summed E-state index contributed by atoms with van der Waals surface area (Å²) < 4.78 is 24.5. The highest BCUT2D eigenvalue weighted by molar-refractivity contribution is 7.91. The zero-order valence-corrected chi connectivity index (χ0v) is 17.5. The second-order valence-corrected chi connectivity index (χ2v) is 10.7. The highest BCUT2D eigenvalue weighted by Gasteiger charge is 2.48. The Labute approximate surface area is 174 Å². The molecular formula is C20H24N6O3S. The molecule has 3 N–H and O–H groups in total. The molecule has 0 saturated heterocycles. The minimum absolute atomic E-state index is 0.155. The van der Waals surface area contributed by atoms with Gasteiger partial charge in [0.15, 0.2) is 9.92 Å². The van der Waals surface area contributed by atoms with Crippen molar-refractivity contribution in [3.63, 3.8) is 0 Å². The predicted octanol–water partition coefficient (Wildman–Crippen LogP) is 2.36. The van der Waals surface area contributed by atoms with Gasteiger partial charge in [-0.15, -0.1) is 4.36 Å². The molecule has 9 nitrogen and oxygen atoms in total. The molecule has 2 aromatic heterocycles. The largest absolute Gasteiger partial charge is 0.476 e. The Kier molecular flexibility index (Phi) is 3.83. The van der Waals surface area contributed by atoms with Crippen molar-refractivity contribution in [3.05, 3.63) is 28.7 Å². The van der Waals surface area contributed by atoms with E-state index in [0.29, 0.717) is 12.5 Å². The molecule has 1 unspecified atom stereocenters. The first-order valence-corrected chi connectivity index (χ1v) is 12.1. The molecule has 0 aromatic carbocycles. The Morgan fingerprint density at radius 3 is 2.57 bits per heavy atom. The smallest absolute Gasteiger partial charge is 0.354 e. The van der Waals surface area contributed by atoms with Gasteiger partial charge >= 0.3 is 6.03 Å². The van der Waals surface area contributed by atoms with Gasteiger partial charge in [-0.25, -0.2) is 18.8 Å². The lowest BCUT2D eigenvalue weighted by atomic mass is 10.1. The third kappa shape index (κ3) is 2.84. The number of nitrogens with zero attached hydrogens (tertiary/aromatic N) is 4. The van der Waals surface area contributed by atoms with Crippen molar-refractivity contribution in [1.82, 2.24) is 14.8 Å². The van der Waals surface area contributed by atoms with Gasteiger partial charge in [-0.1, -0.05) is 0 Å². The zero-order chi connectivity index (χ0) is 20.5. The van der Waals surface area contributed by atoms with Crippen molar-refractivity contribution in [2.45, 2.75) is 62.8 Å². The third-order valence-electron chi connectivity index (χ3n) is 6.73. The van der Waals surface area contributed by atoms with E-state index in [2.05, 4.69) is 14.8 Å². The van der Waals surface area contributed by atoms with E-state index in [4.69, 9.17) is 14.9 Å². The number of aryl methyl sites for hydroxylation is 2. The van der Waals surface area contributed by atoms with E-state index in [1.54, 1.807) is 4.68 Å². The van der Waals surface area contributed by atoms with Crippen molar-refractivity contribution in [1.29, 1.82) is 0 Å². The highest BCUT2D eigenvalue weighted by atomic mass is 32.2. The minimum atomic E-state index is -3.48. The van der Waals surface area contributed by atoms with Gasteiger partial charge in [-0.3, -0.25) is 4.98 Å². The average molecular weight is 429 g/mol. The van der Waals surface area contributed by atoms with Crippen molar-refractivity contribution in [3.8, 4) is 5.88 Å². The van der Waals surface area contributed by atoms with Gasteiger partial charge in [0.2, 0.25) is 5.88 Å². The number of amides is 2. The highest BCUT2D eigenvalue weighted by Crippen LogP contribution is 2.50. The first-order chi connectivity index (χ1) is 14.4. The molecule has 1 fully saturated rings. The predicted molar refractivity (Wildman–Crippen MR) is 110 cm³/mol. The molecule has 1 spiro atoms. The van der Waals surface area contributed by atoms with E-state index in [-0.39, 0.29) is 10.3 Å². The van der Waals surface area contributed by atoms with Crippen LogP contribution in [0.15, 0.2) is 15.5 Å². The van der Waals surface area contributed by atoms with E-state index in [1.165, 1.54) is 6.20 Å². The number of rotatable bonds is 2. The quantitative estimate of drug-likeness (QED) is 0.760. The normalized spacial score (nSPS) is 21.9. The maximum absolute atomic E-state index is 13.2. The van der Waals surface area contributed by atoms with Gasteiger partial charge in [-0.05, 0) is 62.5 Å². The average Bonchev–Trinajstić information content (AvgIpc) is 3.13. The zero-order valence-electron chi connectivity index (χ0n) is 16.6. The molecule has 2 amide bonds. The Balaban J connectivity index is 1.32. The number of carbonyl (C=O) groups excluding carboxylic acids is 1. The summed E-state index contributed by atoms with van der Waals surface area (Å²) in [6, 6.07) is -0.702. The fraction of sp³-hybridized carbons (Fsp3) is 0.550. The summed E-state index contributed by atoms with van der Waals surface area (Å²) in [4.78, 5) is 17.7. The van der Waals surface area contributed by atoms with E-state index in [9.17, 15) is 9.00 Å². The topological polar surface area (TPSA) is 124 Å². The van der Waals surface area contributed by atoms with Crippen molar-refractivity contribution in [2.24, 2.45) is 14.9 Å². The lowest BCUT2D eigenvalue weighted by Gasteiger charge is -2.24. The molecule has 6 rings (SSSR count). The molecule has 0 bridgehead atoms. The van der Waals surface area contributed by atoms with Crippen LogP contribution < -0.4 is 15.2 Å². The molecule has 1 saturated carbocycles. The van der Waals surface area contributed by atoms with E-state index in [0.717, 1.165) is 86.1 Å². The third-order valence-corrected chi connectivity index (χ3v) is 8.08. The summed E-state index contributed by atoms with van der Waals surface area (Å²) in [5, 5.41) is 13.2. The summed E-state index contributed by atoms with van der Waals surface area (Å²) in [7, 11) is -3.48. The van der Waals surface area contributed by atoms with Crippen LogP contribution in [0.25, 0.3) is 0 Å². The monoisotopic (exact) mass is 428 g/mol. The van der Waals surface area contributed by atoms with Gasteiger partial charge < -0.3 is 10.1 Å². The van der Waals surface area contributed by atoms with E-state index >= 15 is 0 Å². The maximum atomic E-state index is 13.2. The number of ether oxygens (including phenoxy) is 1. The number of pyridine rings is 1. The lowest BCUT2D eigenvalue weighted by Crippen LogP contribution is -2.28. The Bertz CT molecular complexity index is 1170. The molecule has 158 valence electrons. The number of hydrogen-bond donors (Lipinski definition) is 2. The standard InChI is InChI=1S/C20H24N6O3S/c21-30(28,16-9-22-26-10-20(7-8-20)11-29-18(16)26)25-19(27)24-17-12-3-1-5-14(12)23-15-6-2-4-13(15)17/h9H,1-8,10-11H2,(H3,21,23,24,25,27,28). The van der Waals surface area contributed by atoms with Crippen LogP contribution in [0.4, 0.5) is 10.5 Å². The molecule has 0 radical (unpaired) electrons. The number of aromatic nitrogens is 3. The molecule has 4 aliphatic rings. The summed E-state index contributed by atoms with van der Waals surface area (Å²) in [6.45, 7) is 1.28. The van der Waals surface area contributed by atoms with Crippen LogP contribution in [0.1, 0.15) is 48.2 Å². The van der Waals surface area contributed by atoms with Crippen LogP contribution >= 0.6 is 0 Å². The number of hydrogen-bond acceptors (Lipinski definition) is 5. The van der Waals surface area contributed by atoms with Crippen molar-refractivity contribution in [2.75, 3.05) is 11.9 Å². The lowest BCUT2D eigenvalue weighted by molar-refractivity contribution is 0.144. The second-order valence-electron chi connectivity index (χ2n) is 8.89. The van der Waals surface area contributed by atoms with E-state index < -0.39 is 15.9 Å². The van der Waals surface area contributed by atoms with Crippen LogP contribution in [0.5, 0.6) is 5.88 Å². The number of urea groups is 1. The minimum Gasteiger partial charge on any atom is -0.476 e. The van der Waals surface area contributed by atoms with Crippen LogP contribution in [0, 0.1) is 5.41 Å². The van der Waals surface area contributed by atoms with Gasteiger partial charge in [0.1, 0.15) is 4.90 Å². The molecule has 10 heteroatoms. The maximum Gasteiger partial charge on any atom is 0.354 e. The van der Waals surface area contributed by atoms with Gasteiger partial charge in [0.25, 0.3) is 0 Å². The Morgan fingerprint density at radius 1 is 1.20 bits per heavy atom. The van der Waals surface area contributed by atoms with Crippen LogP contribution in [-0.2, 0) is 42.1 Å². The number of carbonyl (C=O) groups is 1. The van der Waals surface area contributed by atoms with Crippen LogP contribution in [0.2, 0.25) is 0 Å². The summed E-state index contributed by atoms with van der Waals surface area (Å²) in [5.41, 5.74) is 5.26. The number of nitrogens with two attached hydrogens (primary N) is 1. The molecule has 3 aliphatic carbocycles. The fourth-order valence-electron chi connectivity index (χ4n) is 4.92. The first-order valence-electron chi connectivity index (χ1n) is 10.5. The molecule has 1 aliphatic heterocycles. The molecule has 1 atom stereocenters. The summed E-state index contributed by atoms with van der Waals surface area (Å²) in [5.74, 6) is 0.363. The molecular weight excluding hydrogens is 404 g/mol. The summed E-state index contributed by atoms with van der Waals surface area (Å²) >= 11 is 0. The first kappa shape index (κ1) is 18.3. The summed E-state index contributed by atoms with van der Waals surface area (Å²) in [6.07, 6.45) is 9.30. The van der Waals surface area contributed by atoms with Crippen molar-refractivity contribution < 1.29 is 13.7 Å². The number of nitrogens with one attached hydrogen (secondary N) is 1. The Morgan fingerprint density at radius 2 is 1.90 bits per heavy atom.